The molecule has 18 heavy (non-hydrogen) atoms. The van der Waals surface area contributed by atoms with Gasteiger partial charge in [-0.2, -0.15) is 13.2 Å². The Hall–Kier alpha value is -0.650. The van der Waals surface area contributed by atoms with E-state index in [4.69, 9.17) is 27.9 Å². The molecule has 1 rings (SSSR count). The Morgan fingerprint density at radius 1 is 1.28 bits per heavy atom. The first-order chi connectivity index (χ1) is 8.28. The Morgan fingerprint density at radius 3 is 2.50 bits per heavy atom. The molecule has 0 aliphatic heterocycles. The third-order valence-corrected chi connectivity index (χ3v) is 2.72. The van der Waals surface area contributed by atoms with Crippen LogP contribution in [0.5, 0.6) is 5.75 Å². The third-order valence-electron chi connectivity index (χ3n) is 1.99. The van der Waals surface area contributed by atoms with Crippen molar-refractivity contribution in [2.45, 2.75) is 19.2 Å². The van der Waals surface area contributed by atoms with Crippen molar-refractivity contribution in [3.05, 3.63) is 28.2 Å². The number of alkyl halides is 3. The predicted octanol–water partition coefficient (Wildman–Crippen LogP) is 3.91. The van der Waals surface area contributed by atoms with Gasteiger partial charge in [0.05, 0.1) is 16.6 Å². The summed E-state index contributed by atoms with van der Waals surface area (Å²) >= 11 is 11.5. The number of nitrogens with one attached hydrogen (secondary N) is 1. The fraction of sp³-hybridized carbons (Fsp3) is 0.455. The van der Waals surface area contributed by atoms with Crippen molar-refractivity contribution in [1.82, 2.24) is 5.32 Å². The molecule has 0 bridgehead atoms. The minimum atomic E-state index is -4.22. The van der Waals surface area contributed by atoms with Crippen LogP contribution in [0.2, 0.25) is 10.0 Å². The summed E-state index contributed by atoms with van der Waals surface area (Å²) in [6.45, 7) is 0.702. The van der Waals surface area contributed by atoms with Crippen molar-refractivity contribution >= 4 is 23.2 Å². The molecule has 0 fully saturated rings. The van der Waals surface area contributed by atoms with Gasteiger partial charge in [0.1, 0.15) is 11.9 Å². The normalized spacial score (nSPS) is 13.4. The van der Waals surface area contributed by atoms with Gasteiger partial charge in [0, 0.05) is 12.6 Å². The Morgan fingerprint density at radius 2 is 1.94 bits per heavy atom. The number of halogens is 5. The summed E-state index contributed by atoms with van der Waals surface area (Å²) in [6.07, 6.45) is -4.63. The first-order valence-corrected chi connectivity index (χ1v) is 5.92. The lowest BCUT2D eigenvalue weighted by atomic mass is 10.3. The predicted molar refractivity (Wildman–Crippen MR) is 65.5 cm³/mol. The molecular formula is C11H12Cl2F3NO. The number of rotatable bonds is 5. The smallest absolute Gasteiger partial charge is 0.401 e. The van der Waals surface area contributed by atoms with Crippen molar-refractivity contribution in [2.24, 2.45) is 0 Å². The van der Waals surface area contributed by atoms with E-state index >= 15 is 0 Å². The Labute approximate surface area is 113 Å². The molecular weight excluding hydrogens is 290 g/mol. The van der Waals surface area contributed by atoms with E-state index in [2.05, 4.69) is 5.32 Å². The quantitative estimate of drug-likeness (QED) is 0.890. The zero-order chi connectivity index (χ0) is 13.8. The average Bonchev–Trinajstić information content (AvgIpc) is 2.21. The summed E-state index contributed by atoms with van der Waals surface area (Å²) in [6, 6.07) is 4.69. The third kappa shape index (κ3) is 5.80. The van der Waals surface area contributed by atoms with Crippen LogP contribution < -0.4 is 10.1 Å². The average molecular weight is 302 g/mol. The monoisotopic (exact) mass is 301 g/mol. The van der Waals surface area contributed by atoms with Crippen LogP contribution in [0.4, 0.5) is 13.2 Å². The molecule has 0 amide bonds. The van der Waals surface area contributed by atoms with Crippen molar-refractivity contribution in [3.63, 3.8) is 0 Å². The highest BCUT2D eigenvalue weighted by Gasteiger charge is 2.26. The van der Waals surface area contributed by atoms with Gasteiger partial charge in [-0.25, -0.2) is 0 Å². The molecule has 1 N–H and O–H groups in total. The summed E-state index contributed by atoms with van der Waals surface area (Å²) < 4.78 is 41.1. The SMILES string of the molecule is CC(CNCC(F)(F)F)Oc1ccc(Cl)c(Cl)c1. The second-order valence-corrected chi connectivity index (χ2v) is 4.56. The van der Waals surface area contributed by atoms with Crippen LogP contribution in [0.3, 0.4) is 0 Å². The van der Waals surface area contributed by atoms with Crippen LogP contribution in [-0.4, -0.2) is 25.4 Å². The molecule has 102 valence electrons. The van der Waals surface area contributed by atoms with Gasteiger partial charge in [-0.15, -0.1) is 0 Å². The topological polar surface area (TPSA) is 21.3 Å². The maximum Gasteiger partial charge on any atom is 0.401 e. The molecule has 0 radical (unpaired) electrons. The van der Waals surface area contributed by atoms with Gasteiger partial charge in [-0.3, -0.25) is 0 Å². The molecule has 0 saturated heterocycles. The highest BCUT2D eigenvalue weighted by molar-refractivity contribution is 6.42. The van der Waals surface area contributed by atoms with Crippen LogP contribution in [0.15, 0.2) is 18.2 Å². The fourth-order valence-electron chi connectivity index (χ4n) is 1.24. The Bertz CT molecular complexity index is 398. The highest BCUT2D eigenvalue weighted by atomic mass is 35.5. The number of hydrogen-bond acceptors (Lipinski definition) is 2. The van der Waals surface area contributed by atoms with E-state index < -0.39 is 18.8 Å². The lowest BCUT2D eigenvalue weighted by Crippen LogP contribution is -2.35. The lowest BCUT2D eigenvalue weighted by Gasteiger charge is -2.16. The highest BCUT2D eigenvalue weighted by Crippen LogP contribution is 2.26. The maximum atomic E-state index is 11.9. The van der Waals surface area contributed by atoms with E-state index in [1.165, 1.54) is 6.07 Å². The summed E-state index contributed by atoms with van der Waals surface area (Å²) in [5.41, 5.74) is 0. The van der Waals surface area contributed by atoms with Gasteiger partial charge >= 0.3 is 6.18 Å². The van der Waals surface area contributed by atoms with Crippen LogP contribution in [0.1, 0.15) is 6.92 Å². The molecule has 0 saturated carbocycles. The van der Waals surface area contributed by atoms with Crippen molar-refractivity contribution in [3.8, 4) is 5.75 Å². The first kappa shape index (κ1) is 15.4. The zero-order valence-corrected chi connectivity index (χ0v) is 11.0. The van der Waals surface area contributed by atoms with Crippen LogP contribution in [0, 0.1) is 0 Å². The van der Waals surface area contributed by atoms with E-state index in [1.807, 2.05) is 0 Å². The van der Waals surface area contributed by atoms with Crippen molar-refractivity contribution in [1.29, 1.82) is 0 Å². The maximum absolute atomic E-state index is 11.9. The van der Waals surface area contributed by atoms with E-state index in [9.17, 15) is 13.2 Å². The van der Waals surface area contributed by atoms with E-state index in [1.54, 1.807) is 19.1 Å². The Kier molecular flexibility index (Phi) is 5.56. The van der Waals surface area contributed by atoms with Gasteiger partial charge in [0.25, 0.3) is 0 Å². The van der Waals surface area contributed by atoms with Crippen LogP contribution >= 0.6 is 23.2 Å². The van der Waals surface area contributed by atoms with Gasteiger partial charge in [-0.1, -0.05) is 23.2 Å². The minimum Gasteiger partial charge on any atom is -0.489 e. The standard InChI is InChI=1S/C11H12Cl2F3NO/c1-7(5-17-6-11(14,15)16)18-8-2-3-9(12)10(13)4-8/h2-4,7,17H,5-6H2,1H3. The van der Waals surface area contributed by atoms with Gasteiger partial charge in [0.15, 0.2) is 0 Å². The second-order valence-electron chi connectivity index (χ2n) is 3.75. The fourth-order valence-corrected chi connectivity index (χ4v) is 1.53. The molecule has 0 heterocycles. The van der Waals surface area contributed by atoms with E-state index in [-0.39, 0.29) is 6.54 Å². The molecule has 0 aliphatic carbocycles. The summed E-state index contributed by atoms with van der Waals surface area (Å²) in [4.78, 5) is 0. The largest absolute Gasteiger partial charge is 0.489 e. The molecule has 1 aromatic rings. The molecule has 2 nitrogen and oxygen atoms in total. The molecule has 0 aliphatic rings. The molecule has 0 spiro atoms. The lowest BCUT2D eigenvalue weighted by molar-refractivity contribution is -0.125. The Balaban J connectivity index is 2.40. The van der Waals surface area contributed by atoms with Crippen LogP contribution in [-0.2, 0) is 0 Å². The first-order valence-electron chi connectivity index (χ1n) is 5.17. The van der Waals surface area contributed by atoms with E-state index in [0.717, 1.165) is 0 Å². The molecule has 1 unspecified atom stereocenters. The van der Waals surface area contributed by atoms with Gasteiger partial charge in [0.2, 0.25) is 0 Å². The zero-order valence-electron chi connectivity index (χ0n) is 9.52. The van der Waals surface area contributed by atoms with Crippen molar-refractivity contribution < 1.29 is 17.9 Å². The number of benzene rings is 1. The molecule has 1 aromatic carbocycles. The minimum absolute atomic E-state index is 0.0831. The van der Waals surface area contributed by atoms with Crippen LogP contribution in [0.25, 0.3) is 0 Å². The second kappa shape index (κ2) is 6.50. The molecule has 7 heteroatoms. The summed E-state index contributed by atoms with van der Waals surface area (Å²) in [7, 11) is 0. The van der Waals surface area contributed by atoms with Gasteiger partial charge in [-0.05, 0) is 19.1 Å². The number of hydrogen-bond donors (Lipinski definition) is 1. The molecule has 1 atom stereocenters. The van der Waals surface area contributed by atoms with Crippen molar-refractivity contribution in [2.75, 3.05) is 13.1 Å². The number of ether oxygens (including phenoxy) is 1. The summed E-state index contributed by atoms with van der Waals surface area (Å²) in [5, 5.41) is 3.00. The summed E-state index contributed by atoms with van der Waals surface area (Å²) in [5.74, 6) is 0.464. The van der Waals surface area contributed by atoms with Gasteiger partial charge < -0.3 is 10.1 Å². The molecule has 0 aromatic heterocycles. The van der Waals surface area contributed by atoms with E-state index in [0.29, 0.717) is 15.8 Å².